The van der Waals surface area contributed by atoms with Crippen LogP contribution in [0.25, 0.3) is 0 Å². The van der Waals surface area contributed by atoms with Crippen LogP contribution in [-0.2, 0) is 0 Å². The van der Waals surface area contributed by atoms with Crippen LogP contribution < -0.4 is 5.32 Å². The van der Waals surface area contributed by atoms with Crippen LogP contribution in [0.5, 0.6) is 0 Å². The van der Waals surface area contributed by atoms with Gasteiger partial charge in [0.2, 0.25) is 0 Å². The quantitative estimate of drug-likeness (QED) is 0.521. The summed E-state index contributed by atoms with van der Waals surface area (Å²) in [6.45, 7) is 5.90. The van der Waals surface area contributed by atoms with E-state index in [1.54, 1.807) is 0 Å². The molecular weight excluding hydrogens is 218 g/mol. The van der Waals surface area contributed by atoms with E-state index in [1.807, 2.05) is 0 Å². The highest BCUT2D eigenvalue weighted by Gasteiger charge is 2.12. The zero-order chi connectivity index (χ0) is 13.1. The molecule has 1 unspecified atom stereocenters. The maximum atomic E-state index is 3.72. The third-order valence-corrected chi connectivity index (χ3v) is 4.51. The predicted octanol–water partition coefficient (Wildman–Crippen LogP) is 5.30. The summed E-state index contributed by atoms with van der Waals surface area (Å²) in [7, 11) is 0. The Morgan fingerprint density at radius 2 is 1.72 bits per heavy atom. The van der Waals surface area contributed by atoms with E-state index in [0.29, 0.717) is 0 Å². The number of hydrogen-bond donors (Lipinski definition) is 1. The second-order valence-electron chi connectivity index (χ2n) is 6.35. The molecule has 0 aromatic carbocycles. The van der Waals surface area contributed by atoms with Crippen LogP contribution in [-0.4, -0.2) is 12.6 Å². The minimum atomic E-state index is 0.732. The third kappa shape index (κ3) is 8.13. The molecule has 1 N–H and O–H groups in total. The Morgan fingerprint density at radius 1 is 1.00 bits per heavy atom. The Bertz CT molecular complexity index is 172. The van der Waals surface area contributed by atoms with Crippen LogP contribution in [0.1, 0.15) is 90.9 Å². The Labute approximate surface area is 115 Å². The van der Waals surface area contributed by atoms with Crippen LogP contribution in [0.4, 0.5) is 0 Å². The van der Waals surface area contributed by atoms with Gasteiger partial charge in [-0.05, 0) is 32.2 Å². The van der Waals surface area contributed by atoms with Crippen LogP contribution in [0.2, 0.25) is 0 Å². The molecule has 1 atom stereocenters. The minimum absolute atomic E-state index is 0.732. The van der Waals surface area contributed by atoms with E-state index in [4.69, 9.17) is 0 Å². The molecule has 0 saturated heterocycles. The van der Waals surface area contributed by atoms with Gasteiger partial charge in [-0.2, -0.15) is 0 Å². The zero-order valence-corrected chi connectivity index (χ0v) is 12.8. The second kappa shape index (κ2) is 10.8. The molecule has 0 spiro atoms. The Morgan fingerprint density at radius 3 is 2.44 bits per heavy atom. The van der Waals surface area contributed by atoms with Crippen molar-refractivity contribution in [3.05, 3.63) is 0 Å². The normalized spacial score (nSPS) is 19.0. The summed E-state index contributed by atoms with van der Waals surface area (Å²) in [6, 6.07) is 0.732. The van der Waals surface area contributed by atoms with Crippen molar-refractivity contribution in [2.45, 2.75) is 96.9 Å². The van der Waals surface area contributed by atoms with E-state index in [1.165, 1.54) is 83.6 Å². The van der Waals surface area contributed by atoms with Crippen molar-refractivity contribution in [3.8, 4) is 0 Å². The van der Waals surface area contributed by atoms with E-state index < -0.39 is 0 Å². The molecule has 18 heavy (non-hydrogen) atoms. The fourth-order valence-electron chi connectivity index (χ4n) is 3.17. The zero-order valence-electron chi connectivity index (χ0n) is 12.8. The molecule has 1 nitrogen and oxygen atoms in total. The summed E-state index contributed by atoms with van der Waals surface area (Å²) >= 11 is 0. The van der Waals surface area contributed by atoms with Crippen molar-refractivity contribution in [1.29, 1.82) is 0 Å². The highest BCUT2D eigenvalue weighted by atomic mass is 14.9. The van der Waals surface area contributed by atoms with Crippen molar-refractivity contribution in [2.24, 2.45) is 5.92 Å². The van der Waals surface area contributed by atoms with Crippen LogP contribution >= 0.6 is 0 Å². The van der Waals surface area contributed by atoms with Gasteiger partial charge in [-0.1, -0.05) is 71.1 Å². The second-order valence-corrected chi connectivity index (χ2v) is 6.35. The molecule has 0 bridgehead atoms. The molecule has 1 heteroatoms. The van der Waals surface area contributed by atoms with Gasteiger partial charge in [-0.3, -0.25) is 0 Å². The molecule has 0 amide bonds. The fourth-order valence-corrected chi connectivity index (χ4v) is 3.17. The molecule has 0 aromatic rings. The van der Waals surface area contributed by atoms with E-state index in [-0.39, 0.29) is 0 Å². The third-order valence-electron chi connectivity index (χ3n) is 4.51. The molecule has 1 aliphatic carbocycles. The van der Waals surface area contributed by atoms with E-state index in [9.17, 15) is 0 Å². The predicted molar refractivity (Wildman–Crippen MR) is 82.0 cm³/mol. The van der Waals surface area contributed by atoms with Gasteiger partial charge in [-0.15, -0.1) is 0 Å². The fraction of sp³-hybridized carbons (Fsp3) is 1.00. The first kappa shape index (κ1) is 16.0. The van der Waals surface area contributed by atoms with Gasteiger partial charge in [-0.25, -0.2) is 0 Å². The monoisotopic (exact) mass is 253 g/mol. The van der Waals surface area contributed by atoms with Crippen LogP contribution in [0, 0.1) is 5.92 Å². The average molecular weight is 253 g/mol. The van der Waals surface area contributed by atoms with Crippen molar-refractivity contribution in [3.63, 3.8) is 0 Å². The van der Waals surface area contributed by atoms with Gasteiger partial charge < -0.3 is 5.32 Å². The van der Waals surface area contributed by atoms with Gasteiger partial charge in [0, 0.05) is 6.04 Å². The molecule has 0 radical (unpaired) electrons. The SMILES string of the molecule is CCCCCCCC(C)NCCC1CCCCC1. The van der Waals surface area contributed by atoms with Gasteiger partial charge in [0.25, 0.3) is 0 Å². The highest BCUT2D eigenvalue weighted by molar-refractivity contribution is 4.68. The topological polar surface area (TPSA) is 12.0 Å². The molecule has 1 saturated carbocycles. The lowest BCUT2D eigenvalue weighted by atomic mass is 9.87. The number of rotatable bonds is 10. The molecular formula is C17H35N. The van der Waals surface area contributed by atoms with E-state index in [0.717, 1.165) is 12.0 Å². The van der Waals surface area contributed by atoms with E-state index >= 15 is 0 Å². The van der Waals surface area contributed by atoms with Crippen molar-refractivity contribution in [1.82, 2.24) is 5.32 Å². The van der Waals surface area contributed by atoms with Gasteiger partial charge in [0.15, 0.2) is 0 Å². The molecule has 1 aliphatic rings. The molecule has 108 valence electrons. The lowest BCUT2D eigenvalue weighted by Crippen LogP contribution is -2.28. The Balaban J connectivity index is 1.88. The molecule has 0 aromatic heterocycles. The van der Waals surface area contributed by atoms with Gasteiger partial charge in [0.05, 0.1) is 0 Å². The largest absolute Gasteiger partial charge is 0.314 e. The average Bonchev–Trinajstić information content (AvgIpc) is 2.40. The van der Waals surface area contributed by atoms with Gasteiger partial charge in [0.1, 0.15) is 0 Å². The number of hydrogen-bond acceptors (Lipinski definition) is 1. The van der Waals surface area contributed by atoms with Crippen molar-refractivity contribution in [2.75, 3.05) is 6.54 Å². The highest BCUT2D eigenvalue weighted by Crippen LogP contribution is 2.25. The summed E-state index contributed by atoms with van der Waals surface area (Å²) in [5.41, 5.74) is 0. The Kier molecular flexibility index (Phi) is 9.65. The number of nitrogens with one attached hydrogen (secondary N) is 1. The lowest BCUT2D eigenvalue weighted by molar-refractivity contribution is 0.326. The first-order valence-electron chi connectivity index (χ1n) is 8.56. The summed E-state index contributed by atoms with van der Waals surface area (Å²) in [5, 5.41) is 3.72. The van der Waals surface area contributed by atoms with Crippen LogP contribution in [0.3, 0.4) is 0 Å². The summed E-state index contributed by atoms with van der Waals surface area (Å²) < 4.78 is 0. The first-order chi connectivity index (χ1) is 8.83. The first-order valence-corrected chi connectivity index (χ1v) is 8.56. The minimum Gasteiger partial charge on any atom is -0.314 e. The smallest absolute Gasteiger partial charge is 0.00387 e. The molecule has 0 heterocycles. The molecule has 1 rings (SSSR count). The van der Waals surface area contributed by atoms with Crippen molar-refractivity contribution >= 4 is 0 Å². The van der Waals surface area contributed by atoms with E-state index in [2.05, 4.69) is 19.2 Å². The maximum absolute atomic E-state index is 3.72. The molecule has 1 fully saturated rings. The van der Waals surface area contributed by atoms with Gasteiger partial charge >= 0.3 is 0 Å². The lowest BCUT2D eigenvalue weighted by Gasteiger charge is -2.22. The summed E-state index contributed by atoms with van der Waals surface area (Å²) in [4.78, 5) is 0. The maximum Gasteiger partial charge on any atom is 0.00387 e. The summed E-state index contributed by atoms with van der Waals surface area (Å²) in [6.07, 6.45) is 17.3. The summed E-state index contributed by atoms with van der Waals surface area (Å²) in [5.74, 6) is 1.03. The Hall–Kier alpha value is -0.0400. The molecule has 0 aliphatic heterocycles. The standard InChI is InChI=1S/C17H35N/c1-3-4-5-6-8-11-16(2)18-15-14-17-12-9-7-10-13-17/h16-18H,3-15H2,1-2H3. The van der Waals surface area contributed by atoms with Crippen molar-refractivity contribution < 1.29 is 0 Å². The number of unbranched alkanes of at least 4 members (excludes halogenated alkanes) is 4. The van der Waals surface area contributed by atoms with Crippen LogP contribution in [0.15, 0.2) is 0 Å².